The van der Waals surface area contributed by atoms with E-state index in [-0.39, 0.29) is 28.7 Å². The van der Waals surface area contributed by atoms with E-state index in [1.807, 2.05) is 0 Å². The molecular weight excluding hydrogens is 292 g/mol. The van der Waals surface area contributed by atoms with E-state index in [4.69, 9.17) is 17.3 Å². The van der Waals surface area contributed by atoms with Crippen LogP contribution in [0.2, 0.25) is 5.02 Å². The second kappa shape index (κ2) is 4.92. The number of nitrogens with zero attached hydrogens (tertiary/aromatic N) is 1. The second-order valence-corrected chi connectivity index (χ2v) is 6.92. The summed E-state index contributed by atoms with van der Waals surface area (Å²) < 4.78 is 25.7. The first kappa shape index (κ1) is 14.5. The van der Waals surface area contributed by atoms with Crippen molar-refractivity contribution >= 4 is 27.3 Å². The summed E-state index contributed by atoms with van der Waals surface area (Å²) in [4.78, 5) is -0.0399. The normalized spacial score (nSPS) is 24.8. The van der Waals surface area contributed by atoms with E-state index >= 15 is 0 Å². The molecule has 19 heavy (non-hydrogen) atoms. The first-order chi connectivity index (χ1) is 8.73. The number of nitrogen functional groups attached to an aromatic ring is 1. The molecule has 1 saturated heterocycles. The number of aliphatic hydroxyl groups is 2. The summed E-state index contributed by atoms with van der Waals surface area (Å²) in [5, 5.41) is 19.1. The number of nitrogens with two attached hydrogens (primary N) is 1. The van der Waals surface area contributed by atoms with Crippen LogP contribution in [0.4, 0.5) is 5.69 Å². The van der Waals surface area contributed by atoms with Gasteiger partial charge in [0, 0.05) is 23.8 Å². The number of β-amino-alcohol motifs (C(OH)–C–C–N with tert-alkyl or cyclic N) is 2. The van der Waals surface area contributed by atoms with Gasteiger partial charge in [0.2, 0.25) is 10.0 Å². The van der Waals surface area contributed by atoms with E-state index in [0.29, 0.717) is 5.56 Å². The van der Waals surface area contributed by atoms with E-state index in [2.05, 4.69) is 0 Å². The van der Waals surface area contributed by atoms with E-state index < -0.39 is 22.2 Å². The van der Waals surface area contributed by atoms with Crippen LogP contribution >= 0.6 is 11.6 Å². The van der Waals surface area contributed by atoms with Crippen LogP contribution in [0.25, 0.3) is 0 Å². The van der Waals surface area contributed by atoms with Gasteiger partial charge < -0.3 is 15.9 Å². The summed E-state index contributed by atoms with van der Waals surface area (Å²) in [6, 6.07) is 2.65. The molecule has 1 fully saturated rings. The minimum absolute atomic E-state index is 0.0399. The maximum absolute atomic E-state index is 12.3. The summed E-state index contributed by atoms with van der Waals surface area (Å²) in [5.41, 5.74) is 6.60. The molecule has 0 radical (unpaired) electrons. The molecule has 1 aliphatic heterocycles. The van der Waals surface area contributed by atoms with Gasteiger partial charge in [0.05, 0.1) is 17.1 Å². The Morgan fingerprint density at radius 3 is 2.32 bits per heavy atom. The average molecular weight is 307 g/mol. The highest BCUT2D eigenvalue weighted by atomic mass is 35.5. The summed E-state index contributed by atoms with van der Waals surface area (Å²) in [7, 11) is -3.82. The predicted molar refractivity (Wildman–Crippen MR) is 71.4 cm³/mol. The van der Waals surface area contributed by atoms with Gasteiger partial charge >= 0.3 is 0 Å². The van der Waals surface area contributed by atoms with Crippen molar-refractivity contribution in [2.45, 2.75) is 24.0 Å². The molecule has 0 aliphatic carbocycles. The van der Waals surface area contributed by atoms with Crippen molar-refractivity contribution in [2.24, 2.45) is 0 Å². The number of anilines is 1. The largest absolute Gasteiger partial charge is 0.398 e. The molecule has 0 spiro atoms. The molecule has 2 unspecified atom stereocenters. The number of halogens is 1. The molecule has 0 saturated carbocycles. The fourth-order valence-corrected chi connectivity index (χ4v) is 3.73. The van der Waals surface area contributed by atoms with E-state index in [9.17, 15) is 18.6 Å². The lowest BCUT2D eigenvalue weighted by molar-refractivity contribution is 0.0572. The van der Waals surface area contributed by atoms with Crippen LogP contribution < -0.4 is 5.73 Å². The fraction of sp³-hybridized carbons (Fsp3) is 0.455. The van der Waals surface area contributed by atoms with Crippen molar-refractivity contribution in [3.8, 4) is 0 Å². The molecule has 0 bridgehead atoms. The molecule has 1 aromatic rings. The van der Waals surface area contributed by atoms with Crippen molar-refractivity contribution < 1.29 is 18.6 Å². The van der Waals surface area contributed by atoms with Gasteiger partial charge in [-0.1, -0.05) is 11.6 Å². The summed E-state index contributed by atoms with van der Waals surface area (Å²) >= 11 is 5.93. The van der Waals surface area contributed by atoms with Gasteiger partial charge in [-0.25, -0.2) is 8.42 Å². The third-order valence-electron chi connectivity index (χ3n) is 3.22. The minimum Gasteiger partial charge on any atom is -0.398 e. The molecule has 2 atom stereocenters. The van der Waals surface area contributed by atoms with Gasteiger partial charge in [-0.3, -0.25) is 0 Å². The molecule has 2 rings (SSSR count). The van der Waals surface area contributed by atoms with E-state index in [1.165, 1.54) is 12.1 Å². The lowest BCUT2D eigenvalue weighted by Gasteiger charge is -2.16. The van der Waals surface area contributed by atoms with Gasteiger partial charge in [0.15, 0.2) is 0 Å². The van der Waals surface area contributed by atoms with E-state index in [1.54, 1.807) is 6.92 Å². The Morgan fingerprint density at radius 2 is 1.84 bits per heavy atom. The molecule has 4 N–H and O–H groups in total. The number of rotatable bonds is 2. The van der Waals surface area contributed by atoms with Crippen LogP contribution in [-0.2, 0) is 10.0 Å². The Bertz CT molecular complexity index is 572. The average Bonchev–Trinajstić information content (AvgIpc) is 2.66. The van der Waals surface area contributed by atoms with Gasteiger partial charge in [0.25, 0.3) is 0 Å². The number of benzene rings is 1. The highest BCUT2D eigenvalue weighted by Crippen LogP contribution is 2.29. The van der Waals surface area contributed by atoms with Crippen molar-refractivity contribution in [3.63, 3.8) is 0 Å². The maximum atomic E-state index is 12.3. The lowest BCUT2D eigenvalue weighted by atomic mass is 10.2. The molecule has 1 aliphatic rings. The zero-order valence-electron chi connectivity index (χ0n) is 10.2. The van der Waals surface area contributed by atoms with Crippen LogP contribution in [0.5, 0.6) is 0 Å². The minimum atomic E-state index is -3.82. The summed E-state index contributed by atoms with van der Waals surface area (Å²) in [6.07, 6.45) is -2.15. The van der Waals surface area contributed by atoms with Gasteiger partial charge in [-0.15, -0.1) is 0 Å². The third kappa shape index (κ3) is 2.56. The van der Waals surface area contributed by atoms with Crippen LogP contribution in [0.15, 0.2) is 17.0 Å². The SMILES string of the molecule is Cc1c(N)cc(S(=O)(=O)N2CC(O)C(O)C2)cc1Cl. The topological polar surface area (TPSA) is 104 Å². The Labute approximate surface area is 116 Å². The van der Waals surface area contributed by atoms with Crippen LogP contribution in [-0.4, -0.2) is 48.2 Å². The molecule has 8 heteroatoms. The zero-order chi connectivity index (χ0) is 14.4. The number of aliphatic hydroxyl groups excluding tert-OH is 2. The Morgan fingerprint density at radius 1 is 1.32 bits per heavy atom. The Balaban J connectivity index is 2.41. The van der Waals surface area contributed by atoms with Crippen LogP contribution in [0, 0.1) is 6.92 Å². The van der Waals surface area contributed by atoms with E-state index in [0.717, 1.165) is 4.31 Å². The lowest BCUT2D eigenvalue weighted by Crippen LogP contribution is -2.30. The van der Waals surface area contributed by atoms with Gasteiger partial charge in [-0.2, -0.15) is 4.31 Å². The molecule has 6 nitrogen and oxygen atoms in total. The monoisotopic (exact) mass is 306 g/mol. The molecule has 1 heterocycles. The zero-order valence-corrected chi connectivity index (χ0v) is 11.8. The van der Waals surface area contributed by atoms with Crippen LogP contribution in [0.1, 0.15) is 5.56 Å². The molecule has 1 aromatic carbocycles. The standard InChI is InChI=1S/C11H15ClN2O4S/c1-6-8(12)2-7(3-9(6)13)19(17,18)14-4-10(15)11(16)5-14/h2-3,10-11,15-16H,4-5,13H2,1H3. The first-order valence-corrected chi connectivity index (χ1v) is 7.47. The van der Waals surface area contributed by atoms with Crippen LogP contribution in [0.3, 0.4) is 0 Å². The maximum Gasteiger partial charge on any atom is 0.243 e. The molecule has 0 aromatic heterocycles. The molecule has 0 amide bonds. The van der Waals surface area contributed by atoms with Gasteiger partial charge in [-0.05, 0) is 24.6 Å². The number of hydrogen-bond donors (Lipinski definition) is 3. The van der Waals surface area contributed by atoms with Crippen molar-refractivity contribution in [1.29, 1.82) is 0 Å². The Kier molecular flexibility index (Phi) is 3.76. The smallest absolute Gasteiger partial charge is 0.243 e. The fourth-order valence-electron chi connectivity index (χ4n) is 1.90. The Hall–Kier alpha value is -0.860. The number of sulfonamides is 1. The second-order valence-electron chi connectivity index (χ2n) is 4.58. The van der Waals surface area contributed by atoms with Crippen molar-refractivity contribution in [1.82, 2.24) is 4.31 Å². The summed E-state index contributed by atoms with van der Waals surface area (Å²) in [6.45, 7) is 1.40. The van der Waals surface area contributed by atoms with Crippen molar-refractivity contribution in [2.75, 3.05) is 18.8 Å². The highest BCUT2D eigenvalue weighted by Gasteiger charge is 2.37. The van der Waals surface area contributed by atoms with Gasteiger partial charge in [0.1, 0.15) is 0 Å². The molecule has 106 valence electrons. The number of hydrogen-bond acceptors (Lipinski definition) is 5. The highest BCUT2D eigenvalue weighted by molar-refractivity contribution is 7.89. The molecular formula is C11H15ClN2O4S. The first-order valence-electron chi connectivity index (χ1n) is 5.65. The summed E-state index contributed by atoms with van der Waals surface area (Å²) in [5.74, 6) is 0. The van der Waals surface area contributed by atoms with Crippen molar-refractivity contribution in [3.05, 3.63) is 22.7 Å². The third-order valence-corrected chi connectivity index (χ3v) is 5.42. The quantitative estimate of drug-likeness (QED) is 0.665. The predicted octanol–water partition coefficient (Wildman–Crippen LogP) is -0.0433.